The van der Waals surface area contributed by atoms with Crippen molar-refractivity contribution in [3.8, 4) is 5.75 Å². The van der Waals surface area contributed by atoms with E-state index in [1.54, 1.807) is 23.9 Å². The number of ether oxygens (including phenoxy) is 2. The highest BCUT2D eigenvalue weighted by Crippen LogP contribution is 2.39. The van der Waals surface area contributed by atoms with Gasteiger partial charge in [-0.25, -0.2) is 0 Å². The molecule has 1 fully saturated rings. The largest absolute Gasteiger partial charge is 0.508 e. The van der Waals surface area contributed by atoms with Gasteiger partial charge < -0.3 is 25.0 Å². The smallest absolute Gasteiger partial charge is 0.220 e. The van der Waals surface area contributed by atoms with Crippen LogP contribution in [0.5, 0.6) is 5.75 Å². The van der Waals surface area contributed by atoms with Crippen LogP contribution in [0.15, 0.2) is 77.7 Å². The molecule has 1 heterocycles. The Kier molecular flexibility index (Phi) is 17.4. The normalized spacial score (nSPS) is 17.8. The van der Waals surface area contributed by atoms with E-state index < -0.39 is 6.29 Å². The molecule has 4 rings (SSSR count). The summed E-state index contributed by atoms with van der Waals surface area (Å²) in [5.41, 5.74) is 3.91. The van der Waals surface area contributed by atoms with Crippen molar-refractivity contribution in [1.82, 2.24) is 5.32 Å². The third kappa shape index (κ3) is 13.9. The van der Waals surface area contributed by atoms with Crippen molar-refractivity contribution >= 4 is 17.7 Å². The number of thioether (sulfide) groups is 1. The Hall–Kier alpha value is -2.84. The molecule has 0 radical (unpaired) electrons. The average molecular weight is 676 g/mol. The molecule has 3 unspecified atom stereocenters. The summed E-state index contributed by atoms with van der Waals surface area (Å²) in [6.07, 6.45) is 17.5. The molecule has 0 aliphatic carbocycles. The van der Waals surface area contributed by atoms with Gasteiger partial charge >= 0.3 is 0 Å². The lowest BCUT2D eigenvalue weighted by Gasteiger charge is -2.36. The number of benzene rings is 3. The molecule has 48 heavy (non-hydrogen) atoms. The number of carbonyl (C=O) groups is 1. The molecule has 1 saturated heterocycles. The first kappa shape index (κ1) is 38.0. The van der Waals surface area contributed by atoms with Gasteiger partial charge in [0.2, 0.25) is 5.91 Å². The lowest BCUT2D eigenvalue weighted by Crippen LogP contribution is -2.31. The number of carbonyl (C=O) groups excluding carboxylic acids is 1. The van der Waals surface area contributed by atoms with Gasteiger partial charge in [0, 0.05) is 35.6 Å². The Morgan fingerprint density at radius 2 is 1.29 bits per heavy atom. The monoisotopic (exact) mass is 675 g/mol. The summed E-state index contributed by atoms with van der Waals surface area (Å²) in [6.45, 7) is 2.79. The van der Waals surface area contributed by atoms with Crippen LogP contribution < -0.4 is 5.32 Å². The van der Waals surface area contributed by atoms with Crippen molar-refractivity contribution < 1.29 is 24.5 Å². The van der Waals surface area contributed by atoms with E-state index in [4.69, 9.17) is 9.47 Å². The number of phenolic OH excluding ortho intramolecular Hbond substituents is 1. The Morgan fingerprint density at radius 3 is 1.90 bits per heavy atom. The number of nitrogens with one attached hydrogen (secondary N) is 1. The second-order valence-corrected chi connectivity index (χ2v) is 14.3. The van der Waals surface area contributed by atoms with Crippen molar-refractivity contribution in [2.24, 2.45) is 0 Å². The second-order valence-electron chi connectivity index (χ2n) is 13.2. The molecule has 6 nitrogen and oxygen atoms in total. The number of aliphatic hydroxyl groups excluding tert-OH is 1. The minimum atomic E-state index is -0.522. The van der Waals surface area contributed by atoms with E-state index >= 15 is 0 Å². The zero-order chi connectivity index (χ0) is 33.8. The topological polar surface area (TPSA) is 88.0 Å². The molecule has 3 atom stereocenters. The third-order valence-electron chi connectivity index (χ3n) is 9.14. The lowest BCUT2D eigenvalue weighted by molar-refractivity contribution is -0.245. The van der Waals surface area contributed by atoms with Gasteiger partial charge in [0.25, 0.3) is 0 Å². The number of aliphatic hydroxyl groups is 1. The molecular formula is C41H57NO5S. The van der Waals surface area contributed by atoms with Crippen LogP contribution in [0, 0.1) is 0 Å². The van der Waals surface area contributed by atoms with Crippen molar-refractivity contribution in [2.75, 3.05) is 5.75 Å². The van der Waals surface area contributed by atoms with E-state index in [1.807, 2.05) is 60.7 Å². The molecule has 0 saturated carbocycles. The summed E-state index contributed by atoms with van der Waals surface area (Å²) in [5.74, 6) is 1.12. The first-order valence-corrected chi connectivity index (χ1v) is 19.3. The second kappa shape index (κ2) is 22.0. The molecule has 3 aromatic rings. The Labute approximate surface area is 293 Å². The predicted octanol–water partition coefficient (Wildman–Crippen LogP) is 10.3. The van der Waals surface area contributed by atoms with Crippen LogP contribution in [-0.4, -0.2) is 28.0 Å². The molecule has 0 aromatic heterocycles. The zero-order valence-electron chi connectivity index (χ0n) is 28.9. The standard InChI is InChI=1S/C41H57NO5S/c1-2-3-4-5-6-7-8-9-10-11-12-13-14-15-40(45)42-29-32-16-22-35(23-17-32)41-46-37(31-48-38-26-24-36(44)25-27-38)28-39(47-41)34-20-18-33(30-43)19-21-34/h16-27,37,39,41,43-44H,2-15,28-31H2,1H3,(H,42,45). The van der Waals surface area contributed by atoms with Crippen molar-refractivity contribution in [3.05, 3.63) is 95.1 Å². The van der Waals surface area contributed by atoms with Crippen LogP contribution in [0.1, 0.15) is 138 Å². The summed E-state index contributed by atoms with van der Waals surface area (Å²) in [4.78, 5) is 13.6. The molecule has 0 bridgehead atoms. The van der Waals surface area contributed by atoms with Crippen LogP contribution >= 0.6 is 11.8 Å². The van der Waals surface area contributed by atoms with Gasteiger partial charge in [-0.1, -0.05) is 133 Å². The average Bonchev–Trinajstić information content (AvgIpc) is 3.12. The minimum Gasteiger partial charge on any atom is -0.508 e. The van der Waals surface area contributed by atoms with Crippen molar-refractivity contribution in [3.63, 3.8) is 0 Å². The van der Waals surface area contributed by atoms with Crippen LogP contribution in [-0.2, 0) is 27.4 Å². The van der Waals surface area contributed by atoms with E-state index in [1.165, 1.54) is 70.6 Å². The lowest BCUT2D eigenvalue weighted by atomic mass is 10.0. The number of phenols is 1. The van der Waals surface area contributed by atoms with Gasteiger partial charge in [0.1, 0.15) is 5.75 Å². The maximum absolute atomic E-state index is 12.5. The summed E-state index contributed by atoms with van der Waals surface area (Å²) in [5, 5.41) is 22.2. The zero-order valence-corrected chi connectivity index (χ0v) is 29.7. The van der Waals surface area contributed by atoms with Crippen LogP contribution in [0.2, 0.25) is 0 Å². The van der Waals surface area contributed by atoms with Crippen molar-refractivity contribution in [1.29, 1.82) is 0 Å². The van der Waals surface area contributed by atoms with Crippen LogP contribution in [0.25, 0.3) is 0 Å². The van der Waals surface area contributed by atoms with Gasteiger partial charge in [-0.05, 0) is 47.4 Å². The number of hydrogen-bond acceptors (Lipinski definition) is 6. The summed E-state index contributed by atoms with van der Waals surface area (Å²) < 4.78 is 12.9. The molecule has 1 aliphatic rings. The third-order valence-corrected chi connectivity index (χ3v) is 10.3. The molecule has 1 aliphatic heterocycles. The number of rotatable bonds is 22. The van der Waals surface area contributed by atoms with E-state index in [0.717, 1.165) is 45.7 Å². The molecule has 7 heteroatoms. The van der Waals surface area contributed by atoms with Crippen molar-refractivity contribution in [2.45, 2.75) is 140 Å². The predicted molar refractivity (Wildman–Crippen MR) is 196 cm³/mol. The fourth-order valence-corrected chi connectivity index (χ4v) is 7.06. The van der Waals surface area contributed by atoms with E-state index in [-0.39, 0.29) is 30.5 Å². The first-order valence-electron chi connectivity index (χ1n) is 18.3. The SMILES string of the molecule is CCCCCCCCCCCCCCCC(=O)NCc1ccc(C2OC(CSc3ccc(O)cc3)CC(c3ccc(CO)cc3)O2)cc1. The molecular weight excluding hydrogens is 619 g/mol. The van der Waals surface area contributed by atoms with E-state index in [2.05, 4.69) is 12.2 Å². The van der Waals surface area contributed by atoms with Crippen LogP contribution in [0.4, 0.5) is 0 Å². The van der Waals surface area contributed by atoms with E-state index in [9.17, 15) is 15.0 Å². The molecule has 0 spiro atoms. The van der Waals surface area contributed by atoms with Gasteiger partial charge in [0.05, 0.1) is 18.8 Å². The summed E-state index contributed by atoms with van der Waals surface area (Å²) in [7, 11) is 0. The molecule has 262 valence electrons. The molecule has 3 N–H and O–H groups in total. The quantitative estimate of drug-likeness (QED) is 0.0726. The molecule has 3 aromatic carbocycles. The Bertz CT molecular complexity index is 1300. The maximum Gasteiger partial charge on any atom is 0.220 e. The number of hydrogen-bond donors (Lipinski definition) is 3. The number of unbranched alkanes of at least 4 members (excludes halogenated alkanes) is 12. The van der Waals surface area contributed by atoms with Crippen LogP contribution in [0.3, 0.4) is 0 Å². The Balaban J connectivity index is 1.18. The van der Waals surface area contributed by atoms with Gasteiger partial charge in [-0.15, -0.1) is 11.8 Å². The minimum absolute atomic E-state index is 0.00960. The van der Waals surface area contributed by atoms with E-state index in [0.29, 0.717) is 19.4 Å². The highest BCUT2D eigenvalue weighted by atomic mass is 32.2. The Morgan fingerprint density at radius 1 is 0.729 bits per heavy atom. The summed E-state index contributed by atoms with van der Waals surface area (Å²) >= 11 is 1.70. The fourth-order valence-electron chi connectivity index (χ4n) is 6.14. The summed E-state index contributed by atoms with van der Waals surface area (Å²) in [6, 6.07) is 23.3. The van der Waals surface area contributed by atoms with Gasteiger partial charge in [0.15, 0.2) is 6.29 Å². The number of amides is 1. The van der Waals surface area contributed by atoms with Gasteiger partial charge in [-0.2, -0.15) is 0 Å². The van der Waals surface area contributed by atoms with Gasteiger partial charge in [-0.3, -0.25) is 4.79 Å². The maximum atomic E-state index is 12.5. The number of aromatic hydroxyl groups is 1. The highest BCUT2D eigenvalue weighted by Gasteiger charge is 2.32. The molecule has 1 amide bonds. The highest BCUT2D eigenvalue weighted by molar-refractivity contribution is 7.99. The fraction of sp³-hybridized carbons (Fsp3) is 0.537. The first-order chi connectivity index (χ1) is 23.5.